The van der Waals surface area contributed by atoms with Crippen molar-refractivity contribution in [3.05, 3.63) is 58.1 Å². The van der Waals surface area contributed by atoms with E-state index in [1.165, 1.54) is 0 Å². The van der Waals surface area contributed by atoms with E-state index in [9.17, 15) is 0 Å². The van der Waals surface area contributed by atoms with Gasteiger partial charge < -0.3 is 10.1 Å². The zero-order chi connectivity index (χ0) is 13.7. The van der Waals surface area contributed by atoms with Gasteiger partial charge in [-0.2, -0.15) is 5.26 Å². The molecule has 0 radical (unpaired) electrons. The predicted molar refractivity (Wildman–Crippen MR) is 79.2 cm³/mol. The van der Waals surface area contributed by atoms with Gasteiger partial charge in [0.1, 0.15) is 11.8 Å². The maximum absolute atomic E-state index is 9.08. The van der Waals surface area contributed by atoms with Crippen LogP contribution in [-0.4, -0.2) is 7.11 Å². The Hall–Kier alpha value is -1.99. The van der Waals surface area contributed by atoms with E-state index in [2.05, 4.69) is 27.3 Å². The van der Waals surface area contributed by atoms with Gasteiger partial charge in [-0.3, -0.25) is 0 Å². The number of nitriles is 1. The Balaban J connectivity index is 2.14. The molecule has 0 saturated heterocycles. The fourth-order valence-electron chi connectivity index (χ4n) is 1.69. The Morgan fingerprint density at radius 2 is 1.95 bits per heavy atom. The van der Waals surface area contributed by atoms with Crippen LogP contribution in [0.5, 0.6) is 5.75 Å². The molecule has 0 unspecified atom stereocenters. The van der Waals surface area contributed by atoms with Crippen molar-refractivity contribution in [2.75, 3.05) is 12.4 Å². The molecule has 19 heavy (non-hydrogen) atoms. The zero-order valence-electron chi connectivity index (χ0n) is 10.5. The number of nitrogens with one attached hydrogen (secondary N) is 1. The molecule has 3 nitrogen and oxygen atoms in total. The summed E-state index contributed by atoms with van der Waals surface area (Å²) in [5.41, 5.74) is 2.54. The largest absolute Gasteiger partial charge is 0.497 e. The van der Waals surface area contributed by atoms with Gasteiger partial charge in [-0.1, -0.05) is 28.1 Å². The van der Waals surface area contributed by atoms with E-state index in [0.29, 0.717) is 12.1 Å². The second-order valence-corrected chi connectivity index (χ2v) is 4.92. The summed E-state index contributed by atoms with van der Waals surface area (Å²) in [7, 11) is 1.61. The molecule has 2 aromatic carbocycles. The van der Waals surface area contributed by atoms with E-state index in [1.807, 2.05) is 30.3 Å². The van der Waals surface area contributed by atoms with Crippen molar-refractivity contribution in [2.24, 2.45) is 0 Å². The van der Waals surface area contributed by atoms with Crippen molar-refractivity contribution >= 4 is 21.6 Å². The average molecular weight is 317 g/mol. The number of halogens is 1. The summed E-state index contributed by atoms with van der Waals surface area (Å²) < 4.78 is 6.22. The van der Waals surface area contributed by atoms with E-state index >= 15 is 0 Å². The molecule has 0 amide bonds. The first-order valence-corrected chi connectivity index (χ1v) is 6.58. The van der Waals surface area contributed by atoms with Crippen LogP contribution in [-0.2, 0) is 6.54 Å². The van der Waals surface area contributed by atoms with Gasteiger partial charge in [-0.15, -0.1) is 0 Å². The third-order valence-electron chi connectivity index (χ3n) is 2.74. The molecule has 0 fully saturated rings. The highest BCUT2D eigenvalue weighted by atomic mass is 79.9. The van der Waals surface area contributed by atoms with E-state index in [-0.39, 0.29) is 0 Å². The molecule has 1 N–H and O–H groups in total. The number of benzene rings is 2. The summed E-state index contributed by atoms with van der Waals surface area (Å²) in [6.07, 6.45) is 0. The molecule has 0 heterocycles. The molecule has 0 atom stereocenters. The minimum Gasteiger partial charge on any atom is -0.497 e. The average Bonchev–Trinajstić information content (AvgIpc) is 2.46. The molecule has 0 saturated carbocycles. The van der Waals surface area contributed by atoms with Crippen LogP contribution in [0.15, 0.2) is 46.9 Å². The summed E-state index contributed by atoms with van der Waals surface area (Å²) in [5.74, 6) is 0.734. The van der Waals surface area contributed by atoms with Gasteiger partial charge in [0.05, 0.1) is 18.4 Å². The van der Waals surface area contributed by atoms with Crippen LogP contribution in [0.3, 0.4) is 0 Å². The second kappa shape index (κ2) is 6.26. The van der Waals surface area contributed by atoms with E-state index in [0.717, 1.165) is 21.5 Å². The van der Waals surface area contributed by atoms with Gasteiger partial charge >= 0.3 is 0 Å². The van der Waals surface area contributed by atoms with Crippen molar-refractivity contribution in [1.82, 2.24) is 0 Å². The van der Waals surface area contributed by atoms with Gasteiger partial charge in [0.15, 0.2) is 0 Å². The first-order chi connectivity index (χ1) is 9.22. The van der Waals surface area contributed by atoms with Crippen LogP contribution in [0.4, 0.5) is 5.69 Å². The lowest BCUT2D eigenvalue weighted by Crippen LogP contribution is -2.01. The molecular formula is C15H13BrN2O. The topological polar surface area (TPSA) is 45.0 Å². The lowest BCUT2D eigenvalue weighted by atomic mass is 10.1. The number of hydrogen-bond donors (Lipinski definition) is 1. The fourth-order valence-corrected chi connectivity index (χ4v) is 1.96. The first kappa shape index (κ1) is 13.4. The Morgan fingerprint density at radius 1 is 1.21 bits per heavy atom. The third kappa shape index (κ3) is 3.49. The number of hydrogen-bond acceptors (Lipinski definition) is 3. The molecule has 2 aromatic rings. The molecule has 96 valence electrons. The SMILES string of the molecule is COc1ccc(C#N)c(NCc2ccc(Br)cc2)c1. The van der Waals surface area contributed by atoms with E-state index < -0.39 is 0 Å². The Kier molecular flexibility index (Phi) is 4.43. The predicted octanol–water partition coefficient (Wildman–Crippen LogP) is 3.94. The Morgan fingerprint density at radius 3 is 2.58 bits per heavy atom. The maximum Gasteiger partial charge on any atom is 0.121 e. The lowest BCUT2D eigenvalue weighted by molar-refractivity contribution is 0.415. The van der Waals surface area contributed by atoms with Crippen molar-refractivity contribution in [3.63, 3.8) is 0 Å². The summed E-state index contributed by atoms with van der Waals surface area (Å²) >= 11 is 3.40. The Labute approximate surface area is 121 Å². The van der Waals surface area contributed by atoms with Crippen LogP contribution in [0, 0.1) is 11.3 Å². The van der Waals surface area contributed by atoms with Gasteiger partial charge in [0, 0.05) is 17.1 Å². The van der Waals surface area contributed by atoms with Crippen LogP contribution in [0.25, 0.3) is 0 Å². The molecule has 0 aliphatic rings. The van der Waals surface area contributed by atoms with Crippen molar-refractivity contribution in [3.8, 4) is 11.8 Å². The number of nitrogens with zero attached hydrogens (tertiary/aromatic N) is 1. The van der Waals surface area contributed by atoms with Gasteiger partial charge in [0.25, 0.3) is 0 Å². The summed E-state index contributed by atoms with van der Waals surface area (Å²) in [5, 5.41) is 12.3. The third-order valence-corrected chi connectivity index (χ3v) is 3.27. The van der Waals surface area contributed by atoms with Crippen molar-refractivity contribution < 1.29 is 4.74 Å². The normalized spacial score (nSPS) is 9.74. The highest BCUT2D eigenvalue weighted by Crippen LogP contribution is 2.22. The molecule has 0 aliphatic heterocycles. The first-order valence-electron chi connectivity index (χ1n) is 5.79. The Bertz CT molecular complexity index is 603. The zero-order valence-corrected chi connectivity index (χ0v) is 12.1. The van der Waals surface area contributed by atoms with E-state index in [4.69, 9.17) is 10.00 Å². The highest BCUT2D eigenvalue weighted by Gasteiger charge is 2.03. The second-order valence-electron chi connectivity index (χ2n) is 4.00. The highest BCUT2D eigenvalue weighted by molar-refractivity contribution is 9.10. The summed E-state index contributed by atoms with van der Waals surface area (Å²) in [6.45, 7) is 0.662. The molecule has 0 bridgehead atoms. The molecule has 0 spiro atoms. The fraction of sp³-hybridized carbons (Fsp3) is 0.133. The monoisotopic (exact) mass is 316 g/mol. The molecular weight excluding hydrogens is 304 g/mol. The number of rotatable bonds is 4. The van der Waals surface area contributed by atoms with Crippen LogP contribution >= 0.6 is 15.9 Å². The molecule has 4 heteroatoms. The van der Waals surface area contributed by atoms with Gasteiger partial charge in [-0.05, 0) is 29.8 Å². The van der Waals surface area contributed by atoms with Crippen LogP contribution in [0.1, 0.15) is 11.1 Å². The van der Waals surface area contributed by atoms with Crippen LogP contribution in [0.2, 0.25) is 0 Å². The standard InChI is InChI=1S/C15H13BrN2O/c1-19-14-7-4-12(9-17)15(8-14)18-10-11-2-5-13(16)6-3-11/h2-8,18H,10H2,1H3. The van der Waals surface area contributed by atoms with Crippen LogP contribution < -0.4 is 10.1 Å². The number of ether oxygens (including phenoxy) is 1. The lowest BCUT2D eigenvalue weighted by Gasteiger charge is -2.10. The summed E-state index contributed by atoms with van der Waals surface area (Å²) in [6, 6.07) is 15.6. The quantitative estimate of drug-likeness (QED) is 0.929. The minimum absolute atomic E-state index is 0.609. The van der Waals surface area contributed by atoms with E-state index in [1.54, 1.807) is 19.2 Å². The van der Waals surface area contributed by atoms with Gasteiger partial charge in [-0.25, -0.2) is 0 Å². The van der Waals surface area contributed by atoms with Gasteiger partial charge in [0.2, 0.25) is 0 Å². The number of anilines is 1. The smallest absolute Gasteiger partial charge is 0.121 e. The molecule has 0 aliphatic carbocycles. The number of methoxy groups -OCH3 is 1. The maximum atomic E-state index is 9.08. The molecule has 2 rings (SSSR count). The minimum atomic E-state index is 0.609. The molecule has 0 aromatic heterocycles. The van der Waals surface area contributed by atoms with Crippen molar-refractivity contribution in [1.29, 1.82) is 5.26 Å². The summed E-state index contributed by atoms with van der Waals surface area (Å²) in [4.78, 5) is 0. The van der Waals surface area contributed by atoms with Crippen molar-refractivity contribution in [2.45, 2.75) is 6.54 Å².